The van der Waals surface area contributed by atoms with Gasteiger partial charge in [0, 0.05) is 0 Å². The average molecular weight is 246 g/mol. The SMILES string of the molecule is CCOC(=O)C1(C)CC(O)C(OC(C)(C)O)C1. The van der Waals surface area contributed by atoms with Crippen LogP contribution in [0.3, 0.4) is 0 Å². The Labute approximate surface area is 102 Å². The van der Waals surface area contributed by atoms with Crippen LogP contribution in [-0.2, 0) is 14.3 Å². The second-order valence-electron chi connectivity index (χ2n) is 5.36. The van der Waals surface area contributed by atoms with Crippen molar-refractivity contribution in [2.24, 2.45) is 5.41 Å². The summed E-state index contributed by atoms with van der Waals surface area (Å²) in [7, 11) is 0. The van der Waals surface area contributed by atoms with E-state index in [-0.39, 0.29) is 5.97 Å². The molecule has 0 heterocycles. The van der Waals surface area contributed by atoms with Crippen molar-refractivity contribution in [3.63, 3.8) is 0 Å². The lowest BCUT2D eigenvalue weighted by molar-refractivity contribution is -0.220. The van der Waals surface area contributed by atoms with Crippen LogP contribution in [-0.4, -0.2) is 40.8 Å². The monoisotopic (exact) mass is 246 g/mol. The van der Waals surface area contributed by atoms with Crippen LogP contribution >= 0.6 is 0 Å². The number of hydrogen-bond donors (Lipinski definition) is 2. The van der Waals surface area contributed by atoms with Gasteiger partial charge in [-0.25, -0.2) is 0 Å². The van der Waals surface area contributed by atoms with Crippen LogP contribution in [0, 0.1) is 5.41 Å². The first-order chi connectivity index (χ1) is 7.68. The van der Waals surface area contributed by atoms with E-state index in [2.05, 4.69) is 0 Å². The van der Waals surface area contributed by atoms with Crippen molar-refractivity contribution in [1.82, 2.24) is 0 Å². The Balaban J connectivity index is 2.68. The van der Waals surface area contributed by atoms with Gasteiger partial charge >= 0.3 is 5.97 Å². The normalized spacial score (nSPS) is 33.8. The zero-order valence-electron chi connectivity index (χ0n) is 10.9. The van der Waals surface area contributed by atoms with E-state index in [1.165, 1.54) is 13.8 Å². The fraction of sp³-hybridized carbons (Fsp3) is 0.917. The Morgan fingerprint density at radius 1 is 1.47 bits per heavy atom. The predicted molar refractivity (Wildman–Crippen MR) is 61.2 cm³/mol. The molecule has 0 aromatic rings. The van der Waals surface area contributed by atoms with Crippen molar-refractivity contribution >= 4 is 5.97 Å². The largest absolute Gasteiger partial charge is 0.466 e. The van der Waals surface area contributed by atoms with Gasteiger partial charge in [0.15, 0.2) is 5.79 Å². The maximum atomic E-state index is 11.8. The summed E-state index contributed by atoms with van der Waals surface area (Å²) in [6, 6.07) is 0. The molecule has 0 radical (unpaired) electrons. The standard InChI is InChI=1S/C12H22O5/c1-5-16-10(14)12(4)6-8(13)9(7-12)17-11(2,3)15/h8-9,13,15H,5-7H2,1-4H3. The Hall–Kier alpha value is -0.650. The third kappa shape index (κ3) is 3.66. The van der Waals surface area contributed by atoms with Gasteiger partial charge in [-0.2, -0.15) is 0 Å². The van der Waals surface area contributed by atoms with E-state index in [1.54, 1.807) is 13.8 Å². The van der Waals surface area contributed by atoms with E-state index < -0.39 is 23.4 Å². The highest BCUT2D eigenvalue weighted by Crippen LogP contribution is 2.41. The van der Waals surface area contributed by atoms with E-state index in [4.69, 9.17) is 9.47 Å². The molecule has 0 aromatic carbocycles. The molecule has 0 aliphatic heterocycles. The first-order valence-electron chi connectivity index (χ1n) is 5.93. The summed E-state index contributed by atoms with van der Waals surface area (Å²) >= 11 is 0. The second-order valence-corrected chi connectivity index (χ2v) is 5.36. The van der Waals surface area contributed by atoms with Gasteiger partial charge in [0.25, 0.3) is 0 Å². The van der Waals surface area contributed by atoms with E-state index in [9.17, 15) is 15.0 Å². The molecule has 0 amide bonds. The Morgan fingerprint density at radius 3 is 2.53 bits per heavy atom. The number of aliphatic hydroxyl groups is 2. The molecule has 100 valence electrons. The summed E-state index contributed by atoms with van der Waals surface area (Å²) in [6.07, 6.45) is -0.635. The van der Waals surface area contributed by atoms with Crippen LogP contribution in [0.25, 0.3) is 0 Å². The molecule has 0 aromatic heterocycles. The summed E-state index contributed by atoms with van der Waals surface area (Å²) in [4.78, 5) is 11.8. The molecular formula is C12H22O5. The van der Waals surface area contributed by atoms with Gasteiger partial charge in [-0.15, -0.1) is 0 Å². The molecule has 2 N–H and O–H groups in total. The van der Waals surface area contributed by atoms with Crippen LogP contribution in [0.1, 0.15) is 40.5 Å². The van der Waals surface area contributed by atoms with Crippen molar-refractivity contribution < 1.29 is 24.5 Å². The molecule has 5 heteroatoms. The summed E-state index contributed by atoms with van der Waals surface area (Å²) in [6.45, 7) is 6.82. The van der Waals surface area contributed by atoms with Gasteiger partial charge in [-0.1, -0.05) is 0 Å². The summed E-state index contributed by atoms with van der Waals surface area (Å²) < 4.78 is 10.3. The number of aliphatic hydroxyl groups excluding tert-OH is 1. The van der Waals surface area contributed by atoms with Crippen molar-refractivity contribution in [3.05, 3.63) is 0 Å². The molecule has 3 atom stereocenters. The maximum Gasteiger partial charge on any atom is 0.311 e. The van der Waals surface area contributed by atoms with Crippen LogP contribution in [0.5, 0.6) is 0 Å². The third-order valence-corrected chi connectivity index (χ3v) is 2.95. The van der Waals surface area contributed by atoms with E-state index in [0.29, 0.717) is 19.4 Å². The molecule has 1 fully saturated rings. The molecule has 5 nitrogen and oxygen atoms in total. The van der Waals surface area contributed by atoms with Crippen molar-refractivity contribution in [2.75, 3.05) is 6.61 Å². The summed E-state index contributed by atoms with van der Waals surface area (Å²) in [5.74, 6) is -1.63. The van der Waals surface area contributed by atoms with Gasteiger partial charge in [0.1, 0.15) is 0 Å². The highest BCUT2D eigenvalue weighted by Gasteiger charge is 2.49. The van der Waals surface area contributed by atoms with Crippen molar-refractivity contribution in [2.45, 2.75) is 58.5 Å². The molecule has 3 unspecified atom stereocenters. The van der Waals surface area contributed by atoms with Crippen LogP contribution in [0.15, 0.2) is 0 Å². The van der Waals surface area contributed by atoms with Crippen molar-refractivity contribution in [1.29, 1.82) is 0 Å². The molecule has 17 heavy (non-hydrogen) atoms. The van der Waals surface area contributed by atoms with Gasteiger partial charge in [0.05, 0.1) is 24.2 Å². The topological polar surface area (TPSA) is 76.0 Å². The average Bonchev–Trinajstić information content (AvgIpc) is 2.41. The minimum atomic E-state index is -1.31. The minimum absolute atomic E-state index is 0.298. The van der Waals surface area contributed by atoms with Crippen LogP contribution in [0.4, 0.5) is 0 Å². The molecule has 0 bridgehead atoms. The highest BCUT2D eigenvalue weighted by molar-refractivity contribution is 5.77. The lowest BCUT2D eigenvalue weighted by atomic mass is 9.89. The maximum absolute atomic E-state index is 11.8. The van der Waals surface area contributed by atoms with Gasteiger partial charge < -0.3 is 19.7 Å². The predicted octanol–water partition coefficient (Wildman–Crippen LogP) is 0.824. The lowest BCUT2D eigenvalue weighted by Crippen LogP contribution is -2.34. The molecule has 0 saturated heterocycles. The first kappa shape index (κ1) is 14.4. The van der Waals surface area contributed by atoms with Gasteiger partial charge in [0.2, 0.25) is 0 Å². The zero-order valence-corrected chi connectivity index (χ0v) is 10.9. The third-order valence-electron chi connectivity index (χ3n) is 2.95. The Kier molecular flexibility index (Phi) is 4.17. The number of esters is 1. The Bertz CT molecular complexity index is 283. The number of carbonyl (C=O) groups excluding carboxylic acids is 1. The number of ether oxygens (including phenoxy) is 2. The molecule has 1 aliphatic carbocycles. The number of rotatable bonds is 4. The number of hydrogen-bond acceptors (Lipinski definition) is 5. The molecular weight excluding hydrogens is 224 g/mol. The summed E-state index contributed by atoms with van der Waals surface area (Å²) in [5.41, 5.74) is -0.731. The minimum Gasteiger partial charge on any atom is -0.466 e. The lowest BCUT2D eigenvalue weighted by Gasteiger charge is -2.26. The zero-order chi connectivity index (χ0) is 13.3. The molecule has 0 spiro atoms. The molecule has 1 saturated carbocycles. The van der Waals surface area contributed by atoms with Crippen LogP contribution in [0.2, 0.25) is 0 Å². The van der Waals surface area contributed by atoms with E-state index >= 15 is 0 Å². The quantitative estimate of drug-likeness (QED) is 0.567. The Morgan fingerprint density at radius 2 is 2.06 bits per heavy atom. The fourth-order valence-electron chi connectivity index (χ4n) is 2.22. The first-order valence-corrected chi connectivity index (χ1v) is 5.93. The van der Waals surface area contributed by atoms with Gasteiger partial charge in [-0.3, -0.25) is 4.79 Å². The van der Waals surface area contributed by atoms with Gasteiger partial charge in [-0.05, 0) is 40.5 Å². The van der Waals surface area contributed by atoms with Crippen molar-refractivity contribution in [3.8, 4) is 0 Å². The molecule has 1 rings (SSSR count). The van der Waals surface area contributed by atoms with E-state index in [1.807, 2.05) is 0 Å². The summed E-state index contributed by atoms with van der Waals surface area (Å²) in [5, 5.41) is 19.4. The molecule has 1 aliphatic rings. The van der Waals surface area contributed by atoms with E-state index in [0.717, 1.165) is 0 Å². The van der Waals surface area contributed by atoms with Crippen LogP contribution < -0.4 is 0 Å². The number of carbonyl (C=O) groups is 1. The second kappa shape index (κ2) is 4.92. The highest BCUT2D eigenvalue weighted by atomic mass is 16.6. The fourth-order valence-corrected chi connectivity index (χ4v) is 2.22. The smallest absolute Gasteiger partial charge is 0.311 e.